The number of alkyl halides is 3. The van der Waals surface area contributed by atoms with Gasteiger partial charge in [-0.1, -0.05) is 0 Å². The van der Waals surface area contributed by atoms with Gasteiger partial charge in [-0.25, -0.2) is 0 Å². The number of ether oxygens (including phenoxy) is 1. The molecule has 16 heavy (non-hydrogen) atoms. The Morgan fingerprint density at radius 1 is 1.44 bits per heavy atom. The van der Waals surface area contributed by atoms with Crippen LogP contribution in [0.25, 0.3) is 0 Å². The van der Waals surface area contributed by atoms with Gasteiger partial charge < -0.3 is 9.84 Å². The van der Waals surface area contributed by atoms with Gasteiger partial charge in [0.2, 0.25) is 0 Å². The van der Waals surface area contributed by atoms with Crippen LogP contribution in [-0.2, 0) is 0 Å². The average molecular weight is 233 g/mol. The molecular formula is C10H10F3NO2. The smallest absolute Gasteiger partial charge is 0.401 e. The van der Waals surface area contributed by atoms with Crippen LogP contribution in [-0.4, -0.2) is 24.4 Å². The quantitative estimate of drug-likeness (QED) is 0.820. The molecule has 0 spiro atoms. The monoisotopic (exact) mass is 233 g/mol. The lowest BCUT2D eigenvalue weighted by atomic mass is 10.1. The Balaban J connectivity index is 2.06. The highest BCUT2D eigenvalue weighted by atomic mass is 19.4. The molecule has 1 aromatic carbocycles. The molecule has 6 heteroatoms. The minimum atomic E-state index is -4.24. The van der Waals surface area contributed by atoms with Crippen LogP contribution in [0.2, 0.25) is 0 Å². The summed E-state index contributed by atoms with van der Waals surface area (Å²) in [5.74, 6) is 0.467. The Morgan fingerprint density at radius 2 is 2.19 bits per heavy atom. The zero-order chi connectivity index (χ0) is 11.8. The van der Waals surface area contributed by atoms with Crippen molar-refractivity contribution in [2.75, 3.05) is 13.2 Å². The number of phenolic OH excluding ortho intramolecular Hbond substituents is 1. The SMILES string of the molecule is Oc1ccc2c(c1)OCC2NCC(F)(F)F. The lowest BCUT2D eigenvalue weighted by Gasteiger charge is -2.13. The highest BCUT2D eigenvalue weighted by Crippen LogP contribution is 2.35. The molecular weight excluding hydrogens is 223 g/mol. The van der Waals surface area contributed by atoms with Crippen LogP contribution in [0, 0.1) is 0 Å². The fraction of sp³-hybridized carbons (Fsp3) is 0.400. The number of hydrogen-bond acceptors (Lipinski definition) is 3. The first kappa shape index (κ1) is 11.1. The van der Waals surface area contributed by atoms with Crippen molar-refractivity contribution in [3.8, 4) is 11.5 Å². The molecule has 0 fully saturated rings. The molecule has 2 rings (SSSR count). The van der Waals surface area contributed by atoms with Gasteiger partial charge in [0.25, 0.3) is 0 Å². The van der Waals surface area contributed by atoms with Crippen LogP contribution in [0.1, 0.15) is 11.6 Å². The Bertz CT molecular complexity index is 392. The molecule has 0 amide bonds. The third kappa shape index (κ3) is 2.38. The van der Waals surface area contributed by atoms with E-state index in [-0.39, 0.29) is 12.4 Å². The number of fused-ring (bicyclic) bond motifs is 1. The fourth-order valence-corrected chi connectivity index (χ4v) is 1.61. The molecule has 88 valence electrons. The van der Waals surface area contributed by atoms with Gasteiger partial charge in [0.15, 0.2) is 0 Å². The highest BCUT2D eigenvalue weighted by Gasteiger charge is 2.31. The van der Waals surface area contributed by atoms with E-state index in [0.717, 1.165) is 0 Å². The van der Waals surface area contributed by atoms with E-state index < -0.39 is 18.8 Å². The third-order valence-corrected chi connectivity index (χ3v) is 2.33. The van der Waals surface area contributed by atoms with E-state index in [1.54, 1.807) is 6.07 Å². The van der Waals surface area contributed by atoms with Crippen molar-refractivity contribution < 1.29 is 23.0 Å². The number of phenols is 1. The number of rotatable bonds is 2. The van der Waals surface area contributed by atoms with E-state index in [4.69, 9.17) is 9.84 Å². The van der Waals surface area contributed by atoms with Crippen LogP contribution in [0.15, 0.2) is 18.2 Å². The molecule has 1 atom stereocenters. The predicted octanol–water partition coefficient (Wildman–Crippen LogP) is 1.98. The van der Waals surface area contributed by atoms with Crippen LogP contribution in [0.3, 0.4) is 0 Å². The summed E-state index contributed by atoms with van der Waals surface area (Å²) >= 11 is 0. The van der Waals surface area contributed by atoms with Crippen LogP contribution in [0.5, 0.6) is 11.5 Å². The molecule has 0 aliphatic carbocycles. The van der Waals surface area contributed by atoms with Crippen molar-refractivity contribution in [2.24, 2.45) is 0 Å². The molecule has 0 aromatic heterocycles. The van der Waals surface area contributed by atoms with Gasteiger partial charge >= 0.3 is 6.18 Å². The largest absolute Gasteiger partial charge is 0.508 e. The van der Waals surface area contributed by atoms with E-state index in [1.807, 2.05) is 0 Å². The topological polar surface area (TPSA) is 41.5 Å². The normalized spacial score (nSPS) is 19.3. The van der Waals surface area contributed by atoms with Gasteiger partial charge in [0.05, 0.1) is 12.6 Å². The summed E-state index contributed by atoms with van der Waals surface area (Å²) in [6, 6.07) is 3.91. The predicted molar refractivity (Wildman–Crippen MR) is 50.4 cm³/mol. The number of nitrogens with one attached hydrogen (secondary N) is 1. The summed E-state index contributed by atoms with van der Waals surface area (Å²) in [6.45, 7) is -0.907. The molecule has 3 nitrogen and oxygen atoms in total. The van der Waals surface area contributed by atoms with Crippen molar-refractivity contribution in [1.82, 2.24) is 5.32 Å². The lowest BCUT2D eigenvalue weighted by Crippen LogP contribution is -2.32. The van der Waals surface area contributed by atoms with Crippen molar-refractivity contribution in [3.05, 3.63) is 23.8 Å². The standard InChI is InChI=1S/C10H10F3NO2/c11-10(12,13)5-14-8-4-16-9-3-6(15)1-2-7(8)9/h1-3,8,14-15H,4-5H2. The molecule has 0 radical (unpaired) electrons. The zero-order valence-corrected chi connectivity index (χ0v) is 8.21. The summed E-state index contributed by atoms with van der Waals surface area (Å²) < 4.78 is 41.2. The first-order valence-electron chi connectivity index (χ1n) is 4.71. The van der Waals surface area contributed by atoms with Crippen LogP contribution < -0.4 is 10.1 Å². The molecule has 2 N–H and O–H groups in total. The van der Waals surface area contributed by atoms with Crippen molar-refractivity contribution in [2.45, 2.75) is 12.2 Å². The first-order chi connectivity index (χ1) is 7.46. The van der Waals surface area contributed by atoms with Crippen LogP contribution >= 0.6 is 0 Å². The van der Waals surface area contributed by atoms with E-state index in [2.05, 4.69) is 5.32 Å². The van der Waals surface area contributed by atoms with Gasteiger partial charge in [0.1, 0.15) is 18.1 Å². The minimum Gasteiger partial charge on any atom is -0.508 e. The summed E-state index contributed by atoms with van der Waals surface area (Å²) in [7, 11) is 0. The molecule has 1 aliphatic heterocycles. The van der Waals surface area contributed by atoms with Gasteiger partial charge in [-0.05, 0) is 12.1 Å². The Labute approximate surface area is 89.8 Å². The van der Waals surface area contributed by atoms with E-state index >= 15 is 0 Å². The maximum atomic E-state index is 12.0. The zero-order valence-electron chi connectivity index (χ0n) is 8.21. The second-order valence-electron chi connectivity index (χ2n) is 3.58. The van der Waals surface area contributed by atoms with Gasteiger partial charge in [-0.2, -0.15) is 13.2 Å². The maximum absolute atomic E-state index is 12.0. The summed E-state index contributed by atoms with van der Waals surface area (Å²) in [5, 5.41) is 11.5. The minimum absolute atomic E-state index is 0.0372. The second-order valence-corrected chi connectivity index (χ2v) is 3.58. The van der Waals surface area contributed by atoms with Crippen molar-refractivity contribution in [1.29, 1.82) is 0 Å². The Morgan fingerprint density at radius 3 is 2.88 bits per heavy atom. The van der Waals surface area contributed by atoms with Crippen molar-refractivity contribution >= 4 is 0 Å². The van der Waals surface area contributed by atoms with Crippen molar-refractivity contribution in [3.63, 3.8) is 0 Å². The molecule has 0 bridgehead atoms. The number of aromatic hydroxyl groups is 1. The molecule has 0 saturated heterocycles. The second kappa shape index (κ2) is 3.86. The maximum Gasteiger partial charge on any atom is 0.401 e. The molecule has 1 heterocycles. The molecule has 1 aliphatic rings. The van der Waals surface area contributed by atoms with Gasteiger partial charge in [-0.3, -0.25) is 5.32 Å². The molecule has 1 aromatic rings. The van der Waals surface area contributed by atoms with E-state index in [1.165, 1.54) is 12.1 Å². The third-order valence-electron chi connectivity index (χ3n) is 2.33. The molecule has 0 saturated carbocycles. The molecule has 1 unspecified atom stereocenters. The number of halogens is 3. The van der Waals surface area contributed by atoms with E-state index in [0.29, 0.717) is 11.3 Å². The van der Waals surface area contributed by atoms with E-state index in [9.17, 15) is 13.2 Å². The number of hydrogen-bond donors (Lipinski definition) is 2. The summed E-state index contributed by atoms with van der Waals surface area (Å²) in [4.78, 5) is 0. The summed E-state index contributed by atoms with van der Waals surface area (Å²) in [5.41, 5.74) is 0.641. The van der Waals surface area contributed by atoms with Gasteiger partial charge in [-0.15, -0.1) is 0 Å². The Kier molecular flexibility index (Phi) is 2.67. The van der Waals surface area contributed by atoms with Crippen LogP contribution in [0.4, 0.5) is 13.2 Å². The highest BCUT2D eigenvalue weighted by molar-refractivity contribution is 5.44. The number of benzene rings is 1. The first-order valence-corrected chi connectivity index (χ1v) is 4.71. The average Bonchev–Trinajstić information content (AvgIpc) is 2.56. The fourth-order valence-electron chi connectivity index (χ4n) is 1.61. The van der Waals surface area contributed by atoms with Gasteiger partial charge in [0, 0.05) is 11.6 Å². The Hall–Kier alpha value is -1.43. The lowest BCUT2D eigenvalue weighted by molar-refractivity contribution is -0.126. The summed E-state index contributed by atoms with van der Waals surface area (Å²) in [6.07, 6.45) is -4.24.